The Hall–Kier alpha value is -0.870. The Morgan fingerprint density at radius 2 is 1.67 bits per heavy atom. The van der Waals surface area contributed by atoms with Gasteiger partial charge in [-0.25, -0.2) is 0 Å². The fraction of sp³-hybridized carbons (Fsp3) is 0.786. The topological polar surface area (TPSA) is 77.8 Å². The summed E-state index contributed by atoms with van der Waals surface area (Å²) in [4.78, 5) is 10.3. The summed E-state index contributed by atoms with van der Waals surface area (Å²) >= 11 is 0. The van der Waals surface area contributed by atoms with Crippen molar-refractivity contribution in [2.75, 3.05) is 0 Å². The third-order valence-corrected chi connectivity index (χ3v) is 2.78. The molecule has 0 saturated heterocycles. The summed E-state index contributed by atoms with van der Waals surface area (Å²) in [7, 11) is 0. The number of aliphatic hydroxyl groups excluding tert-OH is 2. The number of aliphatic hydroxyl groups is 2. The summed E-state index contributed by atoms with van der Waals surface area (Å²) in [6.07, 6.45) is 8.49. The average molecular weight is 258 g/mol. The van der Waals surface area contributed by atoms with Crippen LogP contribution in [0.5, 0.6) is 0 Å². The molecule has 0 aromatic carbocycles. The second-order valence-electron chi connectivity index (χ2n) is 4.70. The van der Waals surface area contributed by atoms with Gasteiger partial charge in [0.1, 0.15) is 0 Å². The van der Waals surface area contributed by atoms with Crippen LogP contribution in [0.2, 0.25) is 0 Å². The smallest absolute Gasteiger partial charge is 0.305 e. The molecule has 4 heteroatoms. The van der Waals surface area contributed by atoms with E-state index in [-0.39, 0.29) is 12.5 Å². The molecule has 0 aliphatic heterocycles. The SMILES string of the molecule is CCCCCCC(O)CC=CCC(O)CC(=O)O. The molecule has 0 aromatic heterocycles. The minimum absolute atomic E-state index is 0.232. The van der Waals surface area contributed by atoms with Gasteiger partial charge >= 0.3 is 5.97 Å². The van der Waals surface area contributed by atoms with Crippen molar-refractivity contribution in [1.82, 2.24) is 0 Å². The lowest BCUT2D eigenvalue weighted by atomic mass is 10.1. The average Bonchev–Trinajstić information content (AvgIpc) is 2.29. The van der Waals surface area contributed by atoms with Crippen molar-refractivity contribution in [3.63, 3.8) is 0 Å². The Balaban J connectivity index is 3.52. The van der Waals surface area contributed by atoms with Crippen molar-refractivity contribution >= 4 is 5.97 Å². The highest BCUT2D eigenvalue weighted by Crippen LogP contribution is 2.09. The van der Waals surface area contributed by atoms with Crippen LogP contribution in [0.3, 0.4) is 0 Å². The van der Waals surface area contributed by atoms with Gasteiger partial charge in [-0.05, 0) is 19.3 Å². The molecule has 106 valence electrons. The molecule has 0 fully saturated rings. The summed E-state index contributed by atoms with van der Waals surface area (Å²) in [6.45, 7) is 2.15. The Morgan fingerprint density at radius 1 is 1.06 bits per heavy atom. The molecule has 0 saturated carbocycles. The van der Waals surface area contributed by atoms with Crippen LogP contribution in [0.25, 0.3) is 0 Å². The number of carboxylic acids is 1. The van der Waals surface area contributed by atoms with Crippen molar-refractivity contribution < 1.29 is 20.1 Å². The van der Waals surface area contributed by atoms with E-state index in [1.54, 1.807) is 6.08 Å². The molecule has 0 spiro atoms. The fourth-order valence-electron chi connectivity index (χ4n) is 1.72. The lowest BCUT2D eigenvalue weighted by Gasteiger charge is -2.07. The zero-order valence-corrected chi connectivity index (χ0v) is 11.2. The molecule has 2 atom stereocenters. The van der Waals surface area contributed by atoms with Crippen molar-refractivity contribution in [3.8, 4) is 0 Å². The monoisotopic (exact) mass is 258 g/mol. The van der Waals surface area contributed by atoms with Crippen molar-refractivity contribution in [2.45, 2.75) is 70.5 Å². The van der Waals surface area contributed by atoms with Crippen LogP contribution in [0.4, 0.5) is 0 Å². The van der Waals surface area contributed by atoms with Crippen molar-refractivity contribution in [1.29, 1.82) is 0 Å². The Labute approximate surface area is 109 Å². The second-order valence-corrected chi connectivity index (χ2v) is 4.70. The molecule has 3 N–H and O–H groups in total. The van der Waals surface area contributed by atoms with E-state index in [0.29, 0.717) is 12.8 Å². The molecule has 18 heavy (non-hydrogen) atoms. The zero-order valence-electron chi connectivity index (χ0n) is 11.2. The molecule has 0 radical (unpaired) electrons. The predicted molar refractivity (Wildman–Crippen MR) is 71.4 cm³/mol. The second kappa shape index (κ2) is 11.2. The Kier molecular flexibility index (Phi) is 10.7. The van der Waals surface area contributed by atoms with Gasteiger partial charge in [0.25, 0.3) is 0 Å². The molecular formula is C14H26O4. The van der Waals surface area contributed by atoms with Gasteiger partial charge in [0, 0.05) is 0 Å². The number of hydrogen-bond acceptors (Lipinski definition) is 3. The van der Waals surface area contributed by atoms with Gasteiger partial charge in [0.05, 0.1) is 18.6 Å². The lowest BCUT2D eigenvalue weighted by Crippen LogP contribution is -2.11. The standard InChI is InChI=1S/C14H26O4/c1-2-3-4-5-8-12(15)9-6-7-10-13(16)11-14(17)18/h6-7,12-13,15-16H,2-5,8-11H2,1H3,(H,17,18). The minimum atomic E-state index is -0.994. The van der Waals surface area contributed by atoms with E-state index in [9.17, 15) is 15.0 Å². The Bertz CT molecular complexity index is 238. The first-order valence-corrected chi connectivity index (χ1v) is 6.79. The Morgan fingerprint density at radius 3 is 2.22 bits per heavy atom. The quantitative estimate of drug-likeness (QED) is 0.393. The molecule has 0 bridgehead atoms. The zero-order chi connectivity index (χ0) is 13.8. The normalized spacial score (nSPS) is 14.8. The highest BCUT2D eigenvalue weighted by Gasteiger charge is 2.07. The molecule has 0 aliphatic rings. The van der Waals surface area contributed by atoms with E-state index in [1.807, 2.05) is 6.08 Å². The molecule has 0 aromatic rings. The van der Waals surface area contributed by atoms with E-state index in [1.165, 1.54) is 12.8 Å². The molecule has 4 nitrogen and oxygen atoms in total. The van der Waals surface area contributed by atoms with Crippen LogP contribution in [-0.2, 0) is 4.79 Å². The van der Waals surface area contributed by atoms with E-state index in [2.05, 4.69) is 6.92 Å². The summed E-state index contributed by atoms with van der Waals surface area (Å²) in [5.74, 6) is -0.994. The number of carbonyl (C=O) groups is 1. The first kappa shape index (κ1) is 17.1. The third kappa shape index (κ3) is 11.6. The highest BCUT2D eigenvalue weighted by atomic mass is 16.4. The van der Waals surface area contributed by atoms with Gasteiger partial charge in [-0.2, -0.15) is 0 Å². The van der Waals surface area contributed by atoms with Gasteiger partial charge in [0.2, 0.25) is 0 Å². The summed E-state index contributed by atoms with van der Waals surface area (Å²) in [6, 6.07) is 0. The number of hydrogen-bond donors (Lipinski definition) is 3. The molecule has 0 rings (SSSR count). The number of rotatable bonds is 11. The van der Waals surface area contributed by atoms with Gasteiger partial charge < -0.3 is 15.3 Å². The fourth-order valence-corrected chi connectivity index (χ4v) is 1.72. The highest BCUT2D eigenvalue weighted by molar-refractivity contribution is 5.67. The first-order valence-electron chi connectivity index (χ1n) is 6.79. The summed E-state index contributed by atoms with van der Waals surface area (Å²) < 4.78 is 0. The van der Waals surface area contributed by atoms with E-state index >= 15 is 0 Å². The maximum absolute atomic E-state index is 10.3. The largest absolute Gasteiger partial charge is 0.481 e. The maximum Gasteiger partial charge on any atom is 0.305 e. The molecule has 0 heterocycles. The van der Waals surface area contributed by atoms with Crippen LogP contribution < -0.4 is 0 Å². The minimum Gasteiger partial charge on any atom is -0.481 e. The van der Waals surface area contributed by atoms with E-state index in [4.69, 9.17) is 5.11 Å². The lowest BCUT2D eigenvalue weighted by molar-refractivity contribution is -0.139. The van der Waals surface area contributed by atoms with Gasteiger partial charge in [-0.15, -0.1) is 0 Å². The van der Waals surface area contributed by atoms with Gasteiger partial charge in [-0.1, -0.05) is 44.8 Å². The molecular weight excluding hydrogens is 232 g/mol. The maximum atomic E-state index is 10.3. The number of carboxylic acid groups (broad SMARTS) is 1. The molecule has 2 unspecified atom stereocenters. The van der Waals surface area contributed by atoms with Crippen LogP contribution >= 0.6 is 0 Å². The predicted octanol–water partition coefficient (Wildman–Crippen LogP) is 2.49. The van der Waals surface area contributed by atoms with Gasteiger partial charge in [-0.3, -0.25) is 4.79 Å². The van der Waals surface area contributed by atoms with Crippen molar-refractivity contribution in [3.05, 3.63) is 12.2 Å². The molecule has 0 aliphatic carbocycles. The van der Waals surface area contributed by atoms with Crippen LogP contribution in [0.15, 0.2) is 12.2 Å². The van der Waals surface area contributed by atoms with Crippen molar-refractivity contribution in [2.24, 2.45) is 0 Å². The van der Waals surface area contributed by atoms with Crippen LogP contribution in [0, 0.1) is 0 Å². The number of aliphatic carboxylic acids is 1. The first-order chi connectivity index (χ1) is 8.56. The summed E-state index contributed by atoms with van der Waals surface area (Å²) in [5.41, 5.74) is 0. The van der Waals surface area contributed by atoms with E-state index in [0.717, 1.165) is 19.3 Å². The molecule has 0 amide bonds. The van der Waals surface area contributed by atoms with Crippen LogP contribution in [0.1, 0.15) is 58.3 Å². The van der Waals surface area contributed by atoms with Gasteiger partial charge in [0.15, 0.2) is 0 Å². The summed E-state index contributed by atoms with van der Waals surface area (Å²) in [5, 5.41) is 27.4. The number of unbranched alkanes of at least 4 members (excludes halogenated alkanes) is 3. The third-order valence-electron chi connectivity index (χ3n) is 2.78. The van der Waals surface area contributed by atoms with E-state index < -0.39 is 12.1 Å². The van der Waals surface area contributed by atoms with Crippen LogP contribution in [-0.4, -0.2) is 33.5 Å².